The molecule has 0 radical (unpaired) electrons. The van der Waals surface area contributed by atoms with Gasteiger partial charge in [-0.15, -0.1) is 0 Å². The summed E-state index contributed by atoms with van der Waals surface area (Å²) < 4.78 is 51.2. The van der Waals surface area contributed by atoms with Gasteiger partial charge in [0.05, 0.1) is 11.7 Å². The second kappa shape index (κ2) is 3.70. The van der Waals surface area contributed by atoms with Gasteiger partial charge in [-0.1, -0.05) is 15.9 Å². The SMILES string of the molecule is O[C@H]1CCc2c(Br)cc(C(F)(F)F)c(F)c21. The van der Waals surface area contributed by atoms with Crippen LogP contribution in [0.2, 0.25) is 0 Å². The van der Waals surface area contributed by atoms with Gasteiger partial charge in [-0.2, -0.15) is 13.2 Å². The highest BCUT2D eigenvalue weighted by atomic mass is 79.9. The minimum Gasteiger partial charge on any atom is -0.388 e. The predicted octanol–water partition coefficient (Wildman–Crippen LogP) is 3.59. The maximum atomic E-state index is 13.6. The van der Waals surface area contributed by atoms with E-state index in [1.165, 1.54) is 0 Å². The molecule has 0 bridgehead atoms. The minimum atomic E-state index is -4.75. The smallest absolute Gasteiger partial charge is 0.388 e. The summed E-state index contributed by atoms with van der Waals surface area (Å²) in [6, 6.07) is 0.728. The van der Waals surface area contributed by atoms with Gasteiger partial charge in [-0.05, 0) is 24.5 Å². The molecule has 1 atom stereocenters. The molecule has 0 aliphatic heterocycles. The number of hydrogen-bond acceptors (Lipinski definition) is 1. The minimum absolute atomic E-state index is 0.202. The van der Waals surface area contributed by atoms with E-state index < -0.39 is 23.7 Å². The van der Waals surface area contributed by atoms with E-state index in [1.807, 2.05) is 0 Å². The third kappa shape index (κ3) is 1.73. The lowest BCUT2D eigenvalue weighted by Crippen LogP contribution is -2.11. The number of fused-ring (bicyclic) bond motifs is 1. The zero-order valence-corrected chi connectivity index (χ0v) is 9.49. The molecule has 0 unspecified atom stereocenters. The van der Waals surface area contributed by atoms with Gasteiger partial charge in [0, 0.05) is 10.0 Å². The highest BCUT2D eigenvalue weighted by Crippen LogP contribution is 2.43. The zero-order valence-electron chi connectivity index (χ0n) is 7.91. The number of hydrogen-bond donors (Lipinski definition) is 1. The molecule has 1 aliphatic carbocycles. The first-order chi connectivity index (χ1) is 7.32. The number of rotatable bonds is 0. The van der Waals surface area contributed by atoms with Crippen LogP contribution in [0.5, 0.6) is 0 Å². The van der Waals surface area contributed by atoms with Crippen LogP contribution in [0.25, 0.3) is 0 Å². The number of benzene rings is 1. The maximum absolute atomic E-state index is 13.6. The Labute approximate surface area is 97.2 Å². The Morgan fingerprint density at radius 2 is 2.00 bits per heavy atom. The van der Waals surface area contributed by atoms with Gasteiger partial charge in [0.1, 0.15) is 5.82 Å². The molecule has 2 rings (SSSR count). The summed E-state index contributed by atoms with van der Waals surface area (Å²) in [7, 11) is 0. The highest BCUT2D eigenvalue weighted by molar-refractivity contribution is 9.10. The first-order valence-electron chi connectivity index (χ1n) is 4.58. The summed E-state index contributed by atoms with van der Waals surface area (Å²) in [6.45, 7) is 0. The molecule has 1 N–H and O–H groups in total. The average molecular weight is 299 g/mol. The van der Waals surface area contributed by atoms with Crippen LogP contribution in [0.3, 0.4) is 0 Å². The third-order valence-corrected chi connectivity index (χ3v) is 3.37. The second-order valence-electron chi connectivity index (χ2n) is 3.66. The molecule has 0 fully saturated rings. The molecular weight excluding hydrogens is 292 g/mol. The standard InChI is InChI=1S/C10H7BrF4O/c11-6-3-5(10(13,14)15)9(12)8-4(6)1-2-7(8)16/h3,7,16H,1-2H2/t7-/m0/s1. The lowest BCUT2D eigenvalue weighted by molar-refractivity contribution is -0.140. The lowest BCUT2D eigenvalue weighted by atomic mass is 10.0. The molecule has 0 heterocycles. The van der Waals surface area contributed by atoms with Crippen molar-refractivity contribution in [2.75, 3.05) is 0 Å². The van der Waals surface area contributed by atoms with Crippen LogP contribution in [0.15, 0.2) is 10.5 Å². The molecule has 16 heavy (non-hydrogen) atoms. The summed E-state index contributed by atoms with van der Waals surface area (Å²) >= 11 is 2.97. The van der Waals surface area contributed by atoms with Gasteiger partial charge in [-0.3, -0.25) is 0 Å². The highest BCUT2D eigenvalue weighted by Gasteiger charge is 2.39. The van der Waals surface area contributed by atoms with Crippen molar-refractivity contribution in [3.05, 3.63) is 33.0 Å². The molecular formula is C10H7BrF4O. The van der Waals surface area contributed by atoms with Gasteiger partial charge in [0.15, 0.2) is 0 Å². The van der Waals surface area contributed by atoms with Gasteiger partial charge in [0.25, 0.3) is 0 Å². The van der Waals surface area contributed by atoms with Crippen molar-refractivity contribution < 1.29 is 22.7 Å². The fraction of sp³-hybridized carbons (Fsp3) is 0.400. The van der Waals surface area contributed by atoms with E-state index in [2.05, 4.69) is 15.9 Å². The largest absolute Gasteiger partial charge is 0.419 e. The molecule has 88 valence electrons. The van der Waals surface area contributed by atoms with Crippen molar-refractivity contribution in [1.82, 2.24) is 0 Å². The lowest BCUT2D eigenvalue weighted by Gasteiger charge is -2.14. The monoisotopic (exact) mass is 298 g/mol. The van der Waals surface area contributed by atoms with Crippen LogP contribution < -0.4 is 0 Å². The molecule has 1 nitrogen and oxygen atoms in total. The van der Waals surface area contributed by atoms with Crippen molar-refractivity contribution in [2.24, 2.45) is 0 Å². The van der Waals surface area contributed by atoms with Gasteiger partial charge in [-0.25, -0.2) is 4.39 Å². The van der Waals surface area contributed by atoms with Crippen molar-refractivity contribution in [1.29, 1.82) is 0 Å². The fourth-order valence-electron chi connectivity index (χ4n) is 1.92. The Kier molecular flexibility index (Phi) is 2.74. The Morgan fingerprint density at radius 1 is 1.38 bits per heavy atom. The summed E-state index contributed by atoms with van der Waals surface area (Å²) in [6.07, 6.45) is -5.25. The van der Waals surface area contributed by atoms with E-state index in [0.29, 0.717) is 12.0 Å². The molecule has 1 aromatic rings. The van der Waals surface area contributed by atoms with Crippen LogP contribution in [-0.2, 0) is 12.6 Å². The maximum Gasteiger partial charge on any atom is 0.419 e. The average Bonchev–Trinajstić information content (AvgIpc) is 2.53. The molecule has 0 spiro atoms. The van der Waals surface area contributed by atoms with Gasteiger partial charge < -0.3 is 5.11 Å². The van der Waals surface area contributed by atoms with E-state index in [4.69, 9.17) is 0 Å². The number of aliphatic hydroxyl groups is 1. The second-order valence-corrected chi connectivity index (χ2v) is 4.52. The summed E-state index contributed by atoms with van der Waals surface area (Å²) in [5.41, 5.74) is -1.13. The Morgan fingerprint density at radius 3 is 2.56 bits per heavy atom. The predicted molar refractivity (Wildman–Crippen MR) is 52.4 cm³/mol. The third-order valence-electron chi connectivity index (χ3n) is 2.66. The van der Waals surface area contributed by atoms with Crippen molar-refractivity contribution in [2.45, 2.75) is 25.1 Å². The Balaban J connectivity index is 2.69. The van der Waals surface area contributed by atoms with E-state index in [1.54, 1.807) is 0 Å². The number of aliphatic hydroxyl groups excluding tert-OH is 1. The van der Waals surface area contributed by atoms with Crippen molar-refractivity contribution in [3.63, 3.8) is 0 Å². The fourth-order valence-corrected chi connectivity index (χ4v) is 2.56. The molecule has 6 heteroatoms. The molecule has 0 amide bonds. The first kappa shape index (κ1) is 11.9. The van der Waals surface area contributed by atoms with E-state index in [-0.39, 0.29) is 16.5 Å². The van der Waals surface area contributed by atoms with Gasteiger partial charge >= 0.3 is 6.18 Å². The van der Waals surface area contributed by atoms with Crippen LogP contribution >= 0.6 is 15.9 Å². The Hall–Kier alpha value is -0.620. The first-order valence-corrected chi connectivity index (χ1v) is 5.37. The number of alkyl halides is 3. The molecule has 0 saturated heterocycles. The van der Waals surface area contributed by atoms with Crippen LogP contribution in [0.4, 0.5) is 17.6 Å². The summed E-state index contributed by atoms with van der Waals surface area (Å²) in [5.74, 6) is -1.35. The molecule has 0 saturated carbocycles. The topological polar surface area (TPSA) is 20.2 Å². The van der Waals surface area contributed by atoms with Crippen LogP contribution in [0.1, 0.15) is 29.2 Å². The van der Waals surface area contributed by atoms with E-state index >= 15 is 0 Å². The molecule has 1 aliphatic rings. The molecule has 0 aromatic heterocycles. The summed E-state index contributed by atoms with van der Waals surface area (Å²) in [4.78, 5) is 0. The van der Waals surface area contributed by atoms with Gasteiger partial charge in [0.2, 0.25) is 0 Å². The van der Waals surface area contributed by atoms with Crippen LogP contribution in [-0.4, -0.2) is 5.11 Å². The normalized spacial score (nSPS) is 20.0. The van der Waals surface area contributed by atoms with Crippen molar-refractivity contribution >= 4 is 15.9 Å². The molecule has 1 aromatic carbocycles. The quantitative estimate of drug-likeness (QED) is 0.726. The van der Waals surface area contributed by atoms with E-state index in [0.717, 1.165) is 6.07 Å². The zero-order chi connectivity index (χ0) is 12.1. The Bertz CT molecular complexity index is 441. The van der Waals surface area contributed by atoms with E-state index in [9.17, 15) is 22.7 Å². The number of halogens is 5. The van der Waals surface area contributed by atoms with Crippen molar-refractivity contribution in [3.8, 4) is 0 Å². The summed E-state index contributed by atoms with van der Waals surface area (Å²) in [5, 5.41) is 9.45. The van der Waals surface area contributed by atoms with Crippen LogP contribution in [0, 0.1) is 5.82 Å².